The predicted molar refractivity (Wildman–Crippen MR) is 173 cm³/mol. The summed E-state index contributed by atoms with van der Waals surface area (Å²) < 4.78 is 11.0. The summed E-state index contributed by atoms with van der Waals surface area (Å²) in [4.78, 5) is 12.0. The Morgan fingerprint density at radius 1 is 0.625 bits per heavy atom. The van der Waals surface area contributed by atoms with E-state index < -0.39 is 6.10 Å². The van der Waals surface area contributed by atoms with Crippen molar-refractivity contribution in [1.29, 1.82) is 0 Å². The van der Waals surface area contributed by atoms with Crippen molar-refractivity contribution in [2.45, 2.75) is 142 Å². The van der Waals surface area contributed by atoms with E-state index in [1.807, 2.05) is 0 Å². The lowest BCUT2D eigenvalue weighted by atomic mass is 10.1. The van der Waals surface area contributed by atoms with Crippen LogP contribution in [0.4, 0.5) is 0 Å². The van der Waals surface area contributed by atoms with E-state index in [0.717, 1.165) is 64.2 Å². The molecule has 0 spiro atoms. The van der Waals surface area contributed by atoms with Crippen LogP contribution in [0.5, 0.6) is 0 Å². The average Bonchev–Trinajstić information content (AvgIpc) is 2.96. The Kier molecular flexibility index (Phi) is 31.7. The minimum Gasteiger partial charge on any atom is -0.457 e. The lowest BCUT2D eigenvalue weighted by Crippen LogP contribution is -2.27. The maximum absolute atomic E-state index is 12.0. The van der Waals surface area contributed by atoms with Gasteiger partial charge < -0.3 is 14.6 Å². The third kappa shape index (κ3) is 30.6. The Hall–Kier alpha value is -1.91. The number of esters is 1. The topological polar surface area (TPSA) is 55.8 Å². The van der Waals surface area contributed by atoms with Gasteiger partial charge in [0.15, 0.2) is 0 Å². The number of aliphatic hydroxyl groups is 1. The maximum atomic E-state index is 12.0. The van der Waals surface area contributed by atoms with Crippen molar-refractivity contribution in [2.24, 2.45) is 0 Å². The molecular weight excluding hydrogens is 496 g/mol. The van der Waals surface area contributed by atoms with Gasteiger partial charge in [-0.25, -0.2) is 0 Å². The Balaban J connectivity index is 3.58. The largest absolute Gasteiger partial charge is 0.457 e. The molecule has 0 aromatic rings. The molecule has 0 saturated heterocycles. The Bertz CT molecular complexity index is 674. The standard InChI is InChI=1S/C36H62O4/c1-3-5-7-9-11-13-15-16-17-18-19-20-21-22-24-26-28-30-32-39-34-35(33-37)40-36(38)31-29-27-25-23-14-12-10-8-6-4-2/h5,7,11,13,16-17,19-20,22,24,35,37H,3-4,6,8-10,12,14-15,18,21,23,25-34H2,1-2H3/b7-5-,13-11-,17-16-,20-19-,24-22-. The fraction of sp³-hybridized carbons (Fsp3) is 0.694. The SMILES string of the molecule is CC/C=C\C/C=C\C/C=C\C/C=C\C/C=C\CCCCOCC(CO)OC(=O)CCCCCCCCCCCC. The molecule has 0 rings (SSSR count). The molecule has 1 unspecified atom stereocenters. The predicted octanol–water partition coefficient (Wildman–Crippen LogP) is 10.1. The second-order valence-electron chi connectivity index (χ2n) is 10.5. The number of carbonyl (C=O) groups is 1. The highest BCUT2D eigenvalue weighted by molar-refractivity contribution is 5.69. The van der Waals surface area contributed by atoms with Crippen molar-refractivity contribution in [3.63, 3.8) is 0 Å². The molecule has 0 aliphatic carbocycles. The van der Waals surface area contributed by atoms with E-state index in [-0.39, 0.29) is 19.2 Å². The second-order valence-corrected chi connectivity index (χ2v) is 10.5. The summed E-state index contributed by atoms with van der Waals surface area (Å²) in [6.45, 7) is 5.10. The van der Waals surface area contributed by atoms with Gasteiger partial charge in [-0.1, -0.05) is 132 Å². The van der Waals surface area contributed by atoms with Crippen LogP contribution in [0.3, 0.4) is 0 Å². The van der Waals surface area contributed by atoms with Gasteiger partial charge in [-0.15, -0.1) is 0 Å². The smallest absolute Gasteiger partial charge is 0.306 e. The first kappa shape index (κ1) is 38.1. The summed E-state index contributed by atoms with van der Waals surface area (Å²) in [6, 6.07) is 0. The van der Waals surface area contributed by atoms with E-state index in [2.05, 4.69) is 74.6 Å². The number of unbranched alkanes of at least 4 members (excludes halogenated alkanes) is 11. The molecule has 4 nitrogen and oxygen atoms in total. The van der Waals surface area contributed by atoms with Gasteiger partial charge in [0, 0.05) is 13.0 Å². The van der Waals surface area contributed by atoms with Crippen molar-refractivity contribution in [2.75, 3.05) is 19.8 Å². The van der Waals surface area contributed by atoms with Gasteiger partial charge >= 0.3 is 5.97 Å². The van der Waals surface area contributed by atoms with Crippen LogP contribution < -0.4 is 0 Å². The van der Waals surface area contributed by atoms with Gasteiger partial charge in [-0.2, -0.15) is 0 Å². The number of hydrogen-bond donors (Lipinski definition) is 1. The zero-order valence-electron chi connectivity index (χ0n) is 26.1. The first-order chi connectivity index (χ1) is 19.7. The Morgan fingerprint density at radius 3 is 1.65 bits per heavy atom. The lowest BCUT2D eigenvalue weighted by molar-refractivity contribution is -0.154. The van der Waals surface area contributed by atoms with Crippen LogP contribution in [0.1, 0.15) is 136 Å². The fourth-order valence-electron chi connectivity index (χ4n) is 4.18. The molecule has 230 valence electrons. The zero-order chi connectivity index (χ0) is 29.2. The highest BCUT2D eigenvalue weighted by atomic mass is 16.6. The molecule has 1 N–H and O–H groups in total. The molecule has 0 aliphatic rings. The molecule has 0 fully saturated rings. The molecule has 1 atom stereocenters. The van der Waals surface area contributed by atoms with Crippen LogP contribution in [0, 0.1) is 0 Å². The normalized spacial score (nSPS) is 13.2. The molecule has 4 heteroatoms. The van der Waals surface area contributed by atoms with Crippen molar-refractivity contribution in [1.82, 2.24) is 0 Å². The van der Waals surface area contributed by atoms with Crippen molar-refractivity contribution in [3.05, 3.63) is 60.8 Å². The van der Waals surface area contributed by atoms with Crippen LogP contribution in [0.2, 0.25) is 0 Å². The Labute approximate surface area is 247 Å². The van der Waals surface area contributed by atoms with E-state index in [1.54, 1.807) is 0 Å². The van der Waals surface area contributed by atoms with Gasteiger partial charge in [0.1, 0.15) is 6.10 Å². The molecule has 0 aromatic carbocycles. The summed E-state index contributed by atoms with van der Waals surface area (Å²) >= 11 is 0. The summed E-state index contributed by atoms with van der Waals surface area (Å²) in [5, 5.41) is 9.50. The zero-order valence-corrected chi connectivity index (χ0v) is 26.1. The van der Waals surface area contributed by atoms with Crippen LogP contribution in [0.25, 0.3) is 0 Å². The van der Waals surface area contributed by atoms with Crippen molar-refractivity contribution < 1.29 is 19.4 Å². The van der Waals surface area contributed by atoms with E-state index in [1.165, 1.54) is 51.4 Å². The molecule has 0 aliphatic heterocycles. The monoisotopic (exact) mass is 558 g/mol. The first-order valence-electron chi connectivity index (χ1n) is 16.4. The number of allylic oxidation sites excluding steroid dienone is 10. The highest BCUT2D eigenvalue weighted by Crippen LogP contribution is 2.12. The van der Waals surface area contributed by atoms with Gasteiger partial charge in [0.25, 0.3) is 0 Å². The molecular formula is C36H62O4. The summed E-state index contributed by atoms with van der Waals surface area (Å²) in [5.74, 6) is -0.222. The number of hydrogen-bond acceptors (Lipinski definition) is 4. The molecule has 0 saturated carbocycles. The third-order valence-corrected chi connectivity index (χ3v) is 6.61. The molecule has 0 aromatic heterocycles. The van der Waals surface area contributed by atoms with E-state index >= 15 is 0 Å². The number of aliphatic hydroxyl groups excluding tert-OH is 1. The number of carbonyl (C=O) groups excluding carboxylic acids is 1. The van der Waals surface area contributed by atoms with Crippen LogP contribution >= 0.6 is 0 Å². The average molecular weight is 559 g/mol. The van der Waals surface area contributed by atoms with Crippen LogP contribution in [-0.4, -0.2) is 37.0 Å². The van der Waals surface area contributed by atoms with Crippen LogP contribution in [-0.2, 0) is 14.3 Å². The fourth-order valence-corrected chi connectivity index (χ4v) is 4.18. The molecule has 0 amide bonds. The van der Waals surface area contributed by atoms with Gasteiger partial charge in [-0.3, -0.25) is 4.79 Å². The minimum atomic E-state index is -0.554. The highest BCUT2D eigenvalue weighted by Gasteiger charge is 2.13. The maximum Gasteiger partial charge on any atom is 0.306 e. The molecule has 0 bridgehead atoms. The quantitative estimate of drug-likeness (QED) is 0.0564. The van der Waals surface area contributed by atoms with Crippen molar-refractivity contribution >= 4 is 5.97 Å². The molecule has 0 radical (unpaired) electrons. The van der Waals surface area contributed by atoms with Gasteiger partial charge in [-0.05, 0) is 57.8 Å². The van der Waals surface area contributed by atoms with Gasteiger partial charge in [0.05, 0.1) is 13.2 Å². The summed E-state index contributed by atoms with van der Waals surface area (Å²) in [7, 11) is 0. The molecule has 0 heterocycles. The van der Waals surface area contributed by atoms with E-state index in [0.29, 0.717) is 13.0 Å². The Morgan fingerprint density at radius 2 is 1.12 bits per heavy atom. The number of rotatable bonds is 29. The summed E-state index contributed by atoms with van der Waals surface area (Å²) in [6.07, 6.45) is 42.6. The van der Waals surface area contributed by atoms with E-state index in [4.69, 9.17) is 9.47 Å². The second kappa shape index (κ2) is 33.3. The third-order valence-electron chi connectivity index (χ3n) is 6.61. The van der Waals surface area contributed by atoms with Crippen molar-refractivity contribution in [3.8, 4) is 0 Å². The minimum absolute atomic E-state index is 0.191. The van der Waals surface area contributed by atoms with E-state index in [9.17, 15) is 9.90 Å². The lowest BCUT2D eigenvalue weighted by Gasteiger charge is -2.15. The summed E-state index contributed by atoms with van der Waals surface area (Å²) in [5.41, 5.74) is 0. The van der Waals surface area contributed by atoms with Crippen LogP contribution in [0.15, 0.2) is 60.8 Å². The van der Waals surface area contributed by atoms with Gasteiger partial charge in [0.2, 0.25) is 0 Å². The number of ether oxygens (including phenoxy) is 2. The molecule has 40 heavy (non-hydrogen) atoms. The first-order valence-corrected chi connectivity index (χ1v) is 16.4.